The first-order valence-corrected chi connectivity index (χ1v) is 12.0. The number of carbonyl (C=O) groups excluding carboxylic acids is 1. The Morgan fingerprint density at radius 2 is 1.84 bits per heavy atom. The van der Waals surface area contributed by atoms with Gasteiger partial charge in [-0.05, 0) is 60.7 Å². The van der Waals surface area contributed by atoms with Gasteiger partial charge >= 0.3 is 0 Å². The number of Topliss-reactive ketones (excluding diaryl/α,β-unsaturated/α-hetero) is 1. The highest BCUT2D eigenvalue weighted by molar-refractivity contribution is 5.93. The monoisotopic (exact) mass is 446 g/mol. The average molecular weight is 447 g/mol. The van der Waals surface area contributed by atoms with E-state index in [0.717, 1.165) is 25.7 Å². The summed E-state index contributed by atoms with van der Waals surface area (Å²) in [5.74, 6) is 0.458. The van der Waals surface area contributed by atoms with E-state index in [0.29, 0.717) is 17.9 Å². The first-order valence-electron chi connectivity index (χ1n) is 12.0. The number of ether oxygens (including phenoxy) is 2. The summed E-state index contributed by atoms with van der Waals surface area (Å²) in [6.07, 6.45) is 3.40. The van der Waals surface area contributed by atoms with Crippen molar-refractivity contribution in [3.63, 3.8) is 0 Å². The van der Waals surface area contributed by atoms with Gasteiger partial charge in [-0.2, -0.15) is 0 Å². The molecule has 6 nitrogen and oxygen atoms in total. The van der Waals surface area contributed by atoms with Gasteiger partial charge < -0.3 is 24.8 Å². The van der Waals surface area contributed by atoms with E-state index in [4.69, 9.17) is 9.47 Å². The summed E-state index contributed by atoms with van der Waals surface area (Å²) in [6, 6.07) is 0. The van der Waals surface area contributed by atoms with Crippen LogP contribution in [0.4, 0.5) is 0 Å². The van der Waals surface area contributed by atoms with Gasteiger partial charge in [0.1, 0.15) is 18.3 Å². The molecule has 0 amide bonds. The quantitative estimate of drug-likeness (QED) is 0.614. The average Bonchev–Trinajstić information content (AvgIpc) is 3.01. The number of ketones is 1. The van der Waals surface area contributed by atoms with Crippen LogP contribution in [0.5, 0.6) is 0 Å². The van der Waals surface area contributed by atoms with Crippen molar-refractivity contribution in [2.24, 2.45) is 16.7 Å². The minimum Gasteiger partial charge on any atom is -0.388 e. The second kappa shape index (κ2) is 8.48. The minimum atomic E-state index is -1.35. The summed E-state index contributed by atoms with van der Waals surface area (Å²) in [5, 5.41) is 30.5. The first-order chi connectivity index (χ1) is 15.0. The molecule has 0 aromatic rings. The molecule has 0 radical (unpaired) electrons. The van der Waals surface area contributed by atoms with Crippen molar-refractivity contribution in [1.82, 2.24) is 0 Å². The molecule has 178 valence electrons. The maximum absolute atomic E-state index is 12.4. The number of carbonyl (C=O) groups is 1. The molecule has 0 bridgehead atoms. The van der Waals surface area contributed by atoms with Crippen molar-refractivity contribution >= 4 is 5.78 Å². The molecule has 1 aliphatic heterocycles. The number of hydrogen-bond acceptors (Lipinski definition) is 6. The topological polar surface area (TPSA) is 96.2 Å². The number of hydrogen-bond donors (Lipinski definition) is 3. The zero-order valence-corrected chi connectivity index (χ0v) is 19.9. The molecule has 3 aliphatic carbocycles. The van der Waals surface area contributed by atoms with Gasteiger partial charge in [-0.15, -0.1) is 0 Å². The Labute approximate surface area is 191 Å². The fraction of sp³-hybridized carbons (Fsp3) is 0.731. The van der Waals surface area contributed by atoms with Gasteiger partial charge in [0.15, 0.2) is 12.1 Å². The van der Waals surface area contributed by atoms with Crippen LogP contribution in [-0.2, 0) is 14.3 Å². The summed E-state index contributed by atoms with van der Waals surface area (Å²) in [7, 11) is 0. The van der Waals surface area contributed by atoms with E-state index in [9.17, 15) is 20.1 Å². The third-order valence-corrected chi connectivity index (χ3v) is 8.42. The van der Waals surface area contributed by atoms with Gasteiger partial charge in [0.25, 0.3) is 0 Å². The lowest BCUT2D eigenvalue weighted by atomic mass is 9.57. The van der Waals surface area contributed by atoms with Crippen molar-refractivity contribution < 1.29 is 29.6 Å². The summed E-state index contributed by atoms with van der Waals surface area (Å²) >= 11 is 0. The van der Waals surface area contributed by atoms with Gasteiger partial charge in [0, 0.05) is 11.8 Å². The molecule has 1 heterocycles. The van der Waals surface area contributed by atoms with E-state index in [1.165, 1.54) is 16.7 Å². The molecule has 2 fully saturated rings. The van der Waals surface area contributed by atoms with Crippen molar-refractivity contribution in [2.45, 2.75) is 97.4 Å². The second-order valence-corrected chi connectivity index (χ2v) is 10.9. The molecule has 0 spiro atoms. The molecule has 1 saturated heterocycles. The molecule has 0 aromatic heterocycles. The highest BCUT2D eigenvalue weighted by Gasteiger charge is 2.53. The fourth-order valence-corrected chi connectivity index (χ4v) is 6.13. The number of aliphatic hydroxyl groups is 3. The van der Waals surface area contributed by atoms with Crippen molar-refractivity contribution in [2.75, 3.05) is 6.61 Å². The summed E-state index contributed by atoms with van der Waals surface area (Å²) in [6.45, 7) is 10.5. The largest absolute Gasteiger partial charge is 0.388 e. The molecule has 0 aromatic carbocycles. The Morgan fingerprint density at radius 1 is 1.12 bits per heavy atom. The standard InChI is InChI=1S/C26H38O6/c1-14(2)17-8-9-25(4)10-11-26(5)18(21(17)25)7-6-16(15(3)27)12-20(26)32-24-23(30)22(29)19(28)13-31-24/h6-7,14,19-20,22-24,28-30H,8-13H2,1-5H3/t19-,20+,22+,23-,24+,25-,26-/m1/s1. The lowest BCUT2D eigenvalue weighted by Crippen LogP contribution is -2.56. The molecular formula is C26H38O6. The molecule has 4 aliphatic rings. The van der Waals surface area contributed by atoms with Crippen molar-refractivity contribution in [3.05, 3.63) is 34.4 Å². The SMILES string of the molecule is CC(=O)C1=CC=C2C3=C(C(C)C)CC[C@]3(C)CC[C@@]2(C)[C@@H](O[C@@H]2OC[C@@H](O)[C@H](O)[C@H]2O)C1. The molecule has 32 heavy (non-hydrogen) atoms. The highest BCUT2D eigenvalue weighted by atomic mass is 16.7. The number of rotatable bonds is 4. The second-order valence-electron chi connectivity index (χ2n) is 10.9. The smallest absolute Gasteiger partial charge is 0.186 e. The molecule has 1 saturated carbocycles. The fourth-order valence-electron chi connectivity index (χ4n) is 6.13. The number of aliphatic hydroxyl groups excluding tert-OH is 3. The Kier molecular flexibility index (Phi) is 6.31. The Hall–Kier alpha value is -1.31. The van der Waals surface area contributed by atoms with E-state index in [1.807, 2.05) is 6.08 Å². The van der Waals surface area contributed by atoms with Crippen LogP contribution in [0.2, 0.25) is 0 Å². The molecule has 0 unspecified atom stereocenters. The van der Waals surface area contributed by atoms with Gasteiger partial charge in [-0.25, -0.2) is 0 Å². The van der Waals surface area contributed by atoms with Crippen LogP contribution in [0.25, 0.3) is 0 Å². The van der Waals surface area contributed by atoms with Crippen LogP contribution in [0.3, 0.4) is 0 Å². The Balaban J connectivity index is 1.76. The predicted octanol–water partition coefficient (Wildman–Crippen LogP) is 3.21. The van der Waals surface area contributed by atoms with Crippen LogP contribution in [0.15, 0.2) is 34.4 Å². The van der Waals surface area contributed by atoms with Crippen LogP contribution in [0.1, 0.15) is 66.7 Å². The summed E-state index contributed by atoms with van der Waals surface area (Å²) in [4.78, 5) is 12.4. The van der Waals surface area contributed by atoms with E-state index >= 15 is 0 Å². The Morgan fingerprint density at radius 3 is 2.50 bits per heavy atom. The van der Waals surface area contributed by atoms with Crippen molar-refractivity contribution in [3.8, 4) is 0 Å². The van der Waals surface area contributed by atoms with Crippen LogP contribution in [-0.4, -0.2) is 58.4 Å². The van der Waals surface area contributed by atoms with Crippen LogP contribution < -0.4 is 0 Å². The maximum Gasteiger partial charge on any atom is 0.186 e. The van der Waals surface area contributed by atoms with Crippen molar-refractivity contribution in [1.29, 1.82) is 0 Å². The third kappa shape index (κ3) is 3.84. The van der Waals surface area contributed by atoms with Gasteiger partial charge in [-0.3, -0.25) is 4.79 Å². The van der Waals surface area contributed by atoms with E-state index < -0.39 is 30.7 Å². The number of allylic oxidation sites excluding steroid dienone is 4. The van der Waals surface area contributed by atoms with E-state index in [-0.39, 0.29) is 23.2 Å². The molecular weight excluding hydrogens is 408 g/mol. The normalized spacial score (nSPS) is 42.2. The van der Waals surface area contributed by atoms with Gasteiger partial charge in [0.05, 0.1) is 12.7 Å². The summed E-state index contributed by atoms with van der Waals surface area (Å²) < 4.78 is 12.0. The highest BCUT2D eigenvalue weighted by Crippen LogP contribution is 2.62. The van der Waals surface area contributed by atoms with Gasteiger partial charge in [-0.1, -0.05) is 45.4 Å². The van der Waals surface area contributed by atoms with Gasteiger partial charge in [0.2, 0.25) is 0 Å². The molecule has 3 N–H and O–H groups in total. The lowest BCUT2D eigenvalue weighted by molar-refractivity contribution is -0.291. The molecule has 7 atom stereocenters. The third-order valence-electron chi connectivity index (χ3n) is 8.42. The predicted molar refractivity (Wildman–Crippen MR) is 121 cm³/mol. The molecule has 4 rings (SSSR count). The minimum absolute atomic E-state index is 0.00510. The van der Waals surface area contributed by atoms with E-state index in [2.05, 4.69) is 33.8 Å². The zero-order valence-electron chi connectivity index (χ0n) is 19.9. The Bertz CT molecular complexity index is 870. The zero-order chi connectivity index (χ0) is 23.4. The van der Waals surface area contributed by atoms with Crippen LogP contribution >= 0.6 is 0 Å². The number of fused-ring (bicyclic) bond motifs is 3. The maximum atomic E-state index is 12.4. The van der Waals surface area contributed by atoms with Crippen LogP contribution in [0, 0.1) is 16.7 Å². The molecule has 6 heteroatoms. The first kappa shape index (κ1) is 23.8. The summed E-state index contributed by atoms with van der Waals surface area (Å²) in [5.41, 5.74) is 4.62. The lowest BCUT2D eigenvalue weighted by Gasteiger charge is -2.50. The van der Waals surface area contributed by atoms with E-state index in [1.54, 1.807) is 6.92 Å².